The normalized spacial score (nSPS) is 17.7. The Labute approximate surface area is 382 Å². The van der Waals surface area contributed by atoms with Crippen molar-refractivity contribution in [2.24, 2.45) is 0 Å². The molecule has 9 aromatic rings. The average Bonchev–Trinajstić information content (AvgIpc) is 3.73. The Hall–Kier alpha value is -7.88. The molecule has 0 N–H and O–H groups in total. The summed E-state index contributed by atoms with van der Waals surface area (Å²) in [6.45, 7) is 4.69. The fraction of sp³-hybridized carbons (Fsp3) is 0.0968. The highest BCUT2D eigenvalue weighted by Gasteiger charge is 2.34. The minimum Gasteiger partial charge on any atom is -0.456 e. The second-order valence-corrected chi connectivity index (χ2v) is 17.9. The van der Waals surface area contributed by atoms with E-state index in [4.69, 9.17) is 4.42 Å². The lowest BCUT2D eigenvalue weighted by molar-refractivity contribution is 0.550. The molecule has 0 fully saturated rings. The van der Waals surface area contributed by atoms with E-state index >= 15 is 0 Å². The molecule has 2 aliphatic rings. The third-order valence-electron chi connectivity index (χ3n) is 13.4. The molecular formula is C62H50N2O. The standard InChI is InChI=1S/C62H50N2O/c1-61(51-28-34-54(35-29-51)63(52-19-11-5-12-20-52)53-30-23-47(24-31-53)45-15-7-3-8-16-45)40-39-60-58(44-61)57-43-50(27-36-59(57)65-60)49-37-41-62(2,42-38-49)64(55-21-13-6-14-22-55)56-32-25-48(26-33-56)46-17-9-4-10-18-46/h3-41,43H,42,44H2,1-2H3. The number of allylic oxidation sites excluding steroid dienone is 3. The molecule has 11 rings (SSSR count). The van der Waals surface area contributed by atoms with E-state index in [9.17, 15) is 0 Å². The topological polar surface area (TPSA) is 19.6 Å². The molecule has 8 aromatic carbocycles. The Morgan fingerprint density at radius 2 is 0.923 bits per heavy atom. The van der Waals surface area contributed by atoms with Gasteiger partial charge in [0.2, 0.25) is 0 Å². The first-order valence-corrected chi connectivity index (χ1v) is 22.7. The van der Waals surface area contributed by atoms with E-state index in [0.29, 0.717) is 0 Å². The van der Waals surface area contributed by atoms with Crippen molar-refractivity contribution in [3.8, 4) is 22.3 Å². The van der Waals surface area contributed by atoms with E-state index < -0.39 is 0 Å². The maximum atomic E-state index is 6.51. The predicted molar refractivity (Wildman–Crippen MR) is 273 cm³/mol. The van der Waals surface area contributed by atoms with Crippen LogP contribution in [0, 0.1) is 0 Å². The van der Waals surface area contributed by atoms with Crippen LogP contribution in [0.25, 0.3) is 44.9 Å². The van der Waals surface area contributed by atoms with Gasteiger partial charge in [-0.05, 0) is 138 Å². The Morgan fingerprint density at radius 1 is 0.446 bits per heavy atom. The van der Waals surface area contributed by atoms with Gasteiger partial charge in [0.25, 0.3) is 0 Å². The van der Waals surface area contributed by atoms with Crippen molar-refractivity contribution >= 4 is 51.1 Å². The van der Waals surface area contributed by atoms with Gasteiger partial charge in [-0.3, -0.25) is 0 Å². The molecule has 2 atom stereocenters. The lowest BCUT2D eigenvalue weighted by Gasteiger charge is -2.42. The fourth-order valence-corrected chi connectivity index (χ4v) is 9.85. The van der Waals surface area contributed by atoms with Crippen molar-refractivity contribution in [2.75, 3.05) is 9.80 Å². The number of fused-ring (bicyclic) bond motifs is 3. The Morgan fingerprint density at radius 3 is 1.49 bits per heavy atom. The van der Waals surface area contributed by atoms with Crippen LogP contribution in [0.1, 0.15) is 42.7 Å². The van der Waals surface area contributed by atoms with Crippen LogP contribution in [0.15, 0.2) is 241 Å². The highest BCUT2D eigenvalue weighted by Crippen LogP contribution is 2.44. The predicted octanol–water partition coefficient (Wildman–Crippen LogP) is 16.7. The summed E-state index contributed by atoms with van der Waals surface area (Å²) in [6.07, 6.45) is 13.3. The number of hydrogen-bond donors (Lipinski definition) is 0. The van der Waals surface area contributed by atoms with Crippen molar-refractivity contribution < 1.29 is 4.42 Å². The SMILES string of the molecule is CC1(c2ccc(N(c3ccccc3)c3ccc(-c4ccccc4)cc3)cc2)C=Cc2oc3ccc(C4=CCC(C)(N(c5ccccc5)c5ccc(-c6ccccc6)cc5)C=C4)cc3c2C1. The lowest BCUT2D eigenvalue weighted by atomic mass is 9.74. The van der Waals surface area contributed by atoms with Gasteiger partial charge in [-0.2, -0.15) is 0 Å². The average molecular weight is 839 g/mol. The summed E-state index contributed by atoms with van der Waals surface area (Å²) in [5, 5.41) is 1.19. The minimum absolute atomic E-state index is 0.209. The van der Waals surface area contributed by atoms with Crippen molar-refractivity contribution in [3.63, 3.8) is 0 Å². The number of benzene rings is 8. The van der Waals surface area contributed by atoms with E-state index in [-0.39, 0.29) is 11.0 Å². The van der Waals surface area contributed by atoms with Crippen LogP contribution in [0.3, 0.4) is 0 Å². The zero-order valence-electron chi connectivity index (χ0n) is 36.8. The van der Waals surface area contributed by atoms with Gasteiger partial charge >= 0.3 is 0 Å². The Kier molecular flexibility index (Phi) is 10.2. The van der Waals surface area contributed by atoms with Gasteiger partial charge in [0.05, 0.1) is 5.54 Å². The molecule has 314 valence electrons. The molecule has 2 unspecified atom stereocenters. The molecule has 3 nitrogen and oxygen atoms in total. The van der Waals surface area contributed by atoms with Crippen LogP contribution < -0.4 is 9.80 Å². The Balaban J connectivity index is 0.853. The van der Waals surface area contributed by atoms with E-state index in [2.05, 4.69) is 266 Å². The summed E-state index contributed by atoms with van der Waals surface area (Å²) in [5.74, 6) is 0.956. The second-order valence-electron chi connectivity index (χ2n) is 17.9. The Bertz CT molecular complexity index is 3190. The van der Waals surface area contributed by atoms with E-state index in [1.165, 1.54) is 61.3 Å². The molecule has 0 radical (unpaired) electrons. The molecule has 1 heterocycles. The monoisotopic (exact) mass is 838 g/mol. The summed E-state index contributed by atoms with van der Waals surface area (Å²) in [4.78, 5) is 4.81. The largest absolute Gasteiger partial charge is 0.456 e. The lowest BCUT2D eigenvalue weighted by Crippen LogP contribution is -2.42. The van der Waals surface area contributed by atoms with Gasteiger partial charge in [-0.1, -0.05) is 171 Å². The van der Waals surface area contributed by atoms with Gasteiger partial charge in [0.1, 0.15) is 11.3 Å². The molecule has 65 heavy (non-hydrogen) atoms. The first kappa shape index (κ1) is 39.9. The van der Waals surface area contributed by atoms with Crippen LogP contribution in [0.2, 0.25) is 0 Å². The minimum atomic E-state index is -0.273. The van der Waals surface area contributed by atoms with Gasteiger partial charge in [-0.25, -0.2) is 0 Å². The smallest absolute Gasteiger partial charge is 0.135 e. The molecule has 0 spiro atoms. The van der Waals surface area contributed by atoms with Crippen LogP contribution in [0.4, 0.5) is 28.4 Å². The quantitative estimate of drug-likeness (QED) is 0.137. The summed E-state index contributed by atoms with van der Waals surface area (Å²) >= 11 is 0. The van der Waals surface area contributed by atoms with Crippen molar-refractivity contribution in [2.45, 2.75) is 37.6 Å². The highest BCUT2D eigenvalue weighted by molar-refractivity contribution is 5.91. The zero-order chi connectivity index (χ0) is 43.8. The first-order valence-electron chi connectivity index (χ1n) is 22.7. The first-order chi connectivity index (χ1) is 31.9. The number of rotatable bonds is 10. The van der Waals surface area contributed by atoms with E-state index in [1.54, 1.807) is 0 Å². The number of hydrogen-bond acceptors (Lipinski definition) is 3. The summed E-state index contributed by atoms with van der Waals surface area (Å²) in [5.41, 5.74) is 16.0. The summed E-state index contributed by atoms with van der Waals surface area (Å²) in [6, 6.07) is 76.2. The molecule has 1 aromatic heterocycles. The number of anilines is 5. The van der Waals surface area contributed by atoms with Gasteiger partial charge in [0, 0.05) is 44.8 Å². The van der Waals surface area contributed by atoms with Gasteiger partial charge < -0.3 is 14.2 Å². The van der Waals surface area contributed by atoms with Crippen LogP contribution in [-0.2, 0) is 11.8 Å². The van der Waals surface area contributed by atoms with Gasteiger partial charge in [0.15, 0.2) is 0 Å². The molecule has 0 aliphatic heterocycles. The van der Waals surface area contributed by atoms with Crippen molar-refractivity contribution in [1.29, 1.82) is 0 Å². The van der Waals surface area contributed by atoms with Crippen molar-refractivity contribution in [3.05, 3.63) is 259 Å². The summed E-state index contributed by atoms with van der Waals surface area (Å²) < 4.78 is 6.51. The third kappa shape index (κ3) is 7.70. The van der Waals surface area contributed by atoms with Gasteiger partial charge in [-0.15, -0.1) is 0 Å². The van der Waals surface area contributed by atoms with E-state index in [0.717, 1.165) is 41.2 Å². The second kappa shape index (κ2) is 16.7. The maximum absolute atomic E-state index is 6.51. The van der Waals surface area contributed by atoms with E-state index in [1.807, 2.05) is 0 Å². The highest BCUT2D eigenvalue weighted by atomic mass is 16.3. The molecule has 0 saturated carbocycles. The molecule has 3 heteroatoms. The fourth-order valence-electron chi connectivity index (χ4n) is 9.85. The van der Waals surface area contributed by atoms with Crippen LogP contribution in [0.5, 0.6) is 0 Å². The molecule has 0 saturated heterocycles. The summed E-state index contributed by atoms with van der Waals surface area (Å²) in [7, 11) is 0. The third-order valence-corrected chi connectivity index (χ3v) is 13.4. The zero-order valence-corrected chi connectivity index (χ0v) is 36.8. The number of nitrogens with zero attached hydrogens (tertiary/aromatic N) is 2. The molecule has 2 aliphatic carbocycles. The van der Waals surface area contributed by atoms with Crippen molar-refractivity contribution in [1.82, 2.24) is 0 Å². The van der Waals surface area contributed by atoms with Crippen LogP contribution >= 0.6 is 0 Å². The molecular weight excluding hydrogens is 789 g/mol. The number of para-hydroxylation sites is 2. The van der Waals surface area contributed by atoms with Crippen LogP contribution in [-0.4, -0.2) is 5.54 Å². The molecule has 0 bridgehead atoms. The maximum Gasteiger partial charge on any atom is 0.135 e. The number of furan rings is 1. The molecule has 0 amide bonds.